The van der Waals surface area contributed by atoms with Crippen LogP contribution in [0, 0.1) is 0 Å². The molecule has 1 unspecified atom stereocenters. The second-order valence-corrected chi connectivity index (χ2v) is 6.50. The summed E-state index contributed by atoms with van der Waals surface area (Å²) >= 11 is 6.12. The monoisotopic (exact) mass is 356 g/mol. The summed E-state index contributed by atoms with van der Waals surface area (Å²) < 4.78 is 1.56. The fourth-order valence-corrected chi connectivity index (χ4v) is 3.19. The summed E-state index contributed by atoms with van der Waals surface area (Å²) in [6, 6.07) is 9.00. The minimum atomic E-state index is -0.308. The molecule has 0 radical (unpaired) electrons. The number of hydrogen-bond donors (Lipinski definition) is 2. The SMILES string of the molecule is NC1CCN(c2ccc(Cl)cc2NC(=O)c2cc3ncccn3n2)C1. The Morgan fingerprint density at radius 3 is 3.00 bits per heavy atom. The van der Waals surface area contributed by atoms with Gasteiger partial charge >= 0.3 is 0 Å². The van der Waals surface area contributed by atoms with E-state index >= 15 is 0 Å². The quantitative estimate of drug-likeness (QED) is 0.750. The van der Waals surface area contributed by atoms with Gasteiger partial charge in [0.2, 0.25) is 0 Å². The average Bonchev–Trinajstić information content (AvgIpc) is 3.21. The maximum atomic E-state index is 12.6. The largest absolute Gasteiger partial charge is 0.368 e. The van der Waals surface area contributed by atoms with Crippen LogP contribution in [-0.4, -0.2) is 39.6 Å². The number of nitrogens with two attached hydrogens (primary N) is 1. The van der Waals surface area contributed by atoms with Crippen molar-refractivity contribution in [1.82, 2.24) is 14.6 Å². The minimum Gasteiger partial charge on any atom is -0.368 e. The molecule has 3 aromatic rings. The normalized spacial score (nSPS) is 17.2. The highest BCUT2D eigenvalue weighted by atomic mass is 35.5. The van der Waals surface area contributed by atoms with E-state index in [1.165, 1.54) is 0 Å². The molecule has 0 aliphatic carbocycles. The molecule has 2 aromatic heterocycles. The summed E-state index contributed by atoms with van der Waals surface area (Å²) in [5, 5.41) is 7.71. The predicted octanol–water partition coefficient (Wildman–Crippen LogP) is 2.17. The van der Waals surface area contributed by atoms with Crippen LogP contribution >= 0.6 is 11.6 Å². The van der Waals surface area contributed by atoms with E-state index in [1.807, 2.05) is 12.1 Å². The molecule has 1 aromatic carbocycles. The van der Waals surface area contributed by atoms with Gasteiger partial charge in [0, 0.05) is 42.6 Å². The van der Waals surface area contributed by atoms with Crippen LogP contribution in [0.3, 0.4) is 0 Å². The lowest BCUT2D eigenvalue weighted by Crippen LogP contribution is -2.27. The summed E-state index contributed by atoms with van der Waals surface area (Å²) in [7, 11) is 0. The number of benzene rings is 1. The zero-order valence-electron chi connectivity index (χ0n) is 13.4. The van der Waals surface area contributed by atoms with E-state index in [2.05, 4.69) is 20.3 Å². The molecule has 1 saturated heterocycles. The van der Waals surface area contributed by atoms with Crippen molar-refractivity contribution < 1.29 is 4.79 Å². The Morgan fingerprint density at radius 2 is 2.24 bits per heavy atom. The summed E-state index contributed by atoms with van der Waals surface area (Å²) in [6.07, 6.45) is 4.33. The number of hydrogen-bond acceptors (Lipinski definition) is 5. The molecule has 0 spiro atoms. The number of nitrogens with zero attached hydrogens (tertiary/aromatic N) is 4. The van der Waals surface area contributed by atoms with Crippen LogP contribution in [-0.2, 0) is 0 Å². The van der Waals surface area contributed by atoms with Gasteiger partial charge in [0.25, 0.3) is 5.91 Å². The van der Waals surface area contributed by atoms with Crippen molar-refractivity contribution in [3.8, 4) is 0 Å². The van der Waals surface area contributed by atoms with Crippen molar-refractivity contribution in [1.29, 1.82) is 0 Å². The van der Waals surface area contributed by atoms with Gasteiger partial charge in [-0.25, -0.2) is 9.50 Å². The van der Waals surface area contributed by atoms with Gasteiger partial charge in [0.1, 0.15) is 0 Å². The average molecular weight is 357 g/mol. The maximum absolute atomic E-state index is 12.6. The Kier molecular flexibility index (Phi) is 4.03. The summed E-state index contributed by atoms with van der Waals surface area (Å²) in [6.45, 7) is 1.60. The van der Waals surface area contributed by atoms with Gasteiger partial charge in [-0.2, -0.15) is 5.10 Å². The predicted molar refractivity (Wildman–Crippen MR) is 97.2 cm³/mol. The highest BCUT2D eigenvalue weighted by Crippen LogP contribution is 2.31. The lowest BCUT2D eigenvalue weighted by molar-refractivity contribution is 0.102. The van der Waals surface area contributed by atoms with E-state index < -0.39 is 0 Å². The van der Waals surface area contributed by atoms with Gasteiger partial charge in [-0.15, -0.1) is 0 Å². The molecule has 3 heterocycles. The highest BCUT2D eigenvalue weighted by Gasteiger charge is 2.23. The Balaban J connectivity index is 1.63. The summed E-state index contributed by atoms with van der Waals surface area (Å²) in [5.74, 6) is -0.308. The van der Waals surface area contributed by atoms with Crippen LogP contribution < -0.4 is 16.0 Å². The molecule has 128 valence electrons. The number of anilines is 2. The highest BCUT2D eigenvalue weighted by molar-refractivity contribution is 6.31. The number of carbonyl (C=O) groups excluding carboxylic acids is 1. The van der Waals surface area contributed by atoms with Gasteiger partial charge < -0.3 is 16.0 Å². The molecule has 0 saturated carbocycles. The Hall–Kier alpha value is -2.64. The number of carbonyl (C=O) groups is 1. The first-order valence-corrected chi connectivity index (χ1v) is 8.40. The van der Waals surface area contributed by atoms with Crippen LogP contribution in [0.25, 0.3) is 5.65 Å². The molecular weight excluding hydrogens is 340 g/mol. The first-order valence-electron chi connectivity index (χ1n) is 8.02. The third kappa shape index (κ3) is 3.16. The molecule has 1 aliphatic rings. The first kappa shape index (κ1) is 15.9. The second-order valence-electron chi connectivity index (χ2n) is 6.06. The number of nitrogens with one attached hydrogen (secondary N) is 1. The Bertz CT molecular complexity index is 907. The Morgan fingerprint density at radius 1 is 1.36 bits per heavy atom. The van der Waals surface area contributed by atoms with E-state index in [9.17, 15) is 4.79 Å². The van der Waals surface area contributed by atoms with Crippen molar-refractivity contribution in [2.45, 2.75) is 12.5 Å². The molecule has 0 bridgehead atoms. The van der Waals surface area contributed by atoms with Crippen molar-refractivity contribution in [2.75, 3.05) is 23.3 Å². The summed E-state index contributed by atoms with van der Waals surface area (Å²) in [4.78, 5) is 19.0. The number of rotatable bonds is 3. The van der Waals surface area contributed by atoms with Crippen LogP contribution in [0.2, 0.25) is 5.02 Å². The smallest absolute Gasteiger partial charge is 0.276 e. The fraction of sp³-hybridized carbons (Fsp3) is 0.235. The summed E-state index contributed by atoms with van der Waals surface area (Å²) in [5.41, 5.74) is 8.47. The molecule has 3 N–H and O–H groups in total. The van der Waals surface area contributed by atoms with Gasteiger partial charge in [0.05, 0.1) is 11.4 Å². The molecular formula is C17H17ClN6O. The van der Waals surface area contributed by atoms with Crippen molar-refractivity contribution in [3.63, 3.8) is 0 Å². The number of halogens is 1. The molecule has 1 amide bonds. The van der Waals surface area contributed by atoms with E-state index in [0.29, 0.717) is 22.1 Å². The molecule has 1 fully saturated rings. The molecule has 1 atom stereocenters. The molecule has 4 rings (SSSR count). The van der Waals surface area contributed by atoms with Crippen molar-refractivity contribution in [3.05, 3.63) is 53.4 Å². The number of fused-ring (bicyclic) bond motifs is 1. The Labute approximate surface area is 149 Å². The third-order valence-electron chi connectivity index (χ3n) is 4.24. The van der Waals surface area contributed by atoms with E-state index in [1.54, 1.807) is 35.1 Å². The maximum Gasteiger partial charge on any atom is 0.276 e. The van der Waals surface area contributed by atoms with Gasteiger partial charge in [-0.1, -0.05) is 11.6 Å². The van der Waals surface area contributed by atoms with Gasteiger partial charge in [0.15, 0.2) is 11.3 Å². The number of amides is 1. The zero-order chi connectivity index (χ0) is 17.4. The van der Waals surface area contributed by atoms with Gasteiger partial charge in [-0.05, 0) is 30.7 Å². The lowest BCUT2D eigenvalue weighted by Gasteiger charge is -2.22. The minimum absolute atomic E-state index is 0.142. The third-order valence-corrected chi connectivity index (χ3v) is 4.48. The zero-order valence-corrected chi connectivity index (χ0v) is 14.1. The molecule has 8 heteroatoms. The van der Waals surface area contributed by atoms with E-state index in [0.717, 1.165) is 25.2 Å². The van der Waals surface area contributed by atoms with E-state index in [4.69, 9.17) is 17.3 Å². The van der Waals surface area contributed by atoms with Crippen molar-refractivity contribution >= 4 is 34.5 Å². The van der Waals surface area contributed by atoms with Crippen molar-refractivity contribution in [2.24, 2.45) is 5.73 Å². The van der Waals surface area contributed by atoms with Crippen LogP contribution in [0.4, 0.5) is 11.4 Å². The van der Waals surface area contributed by atoms with Crippen LogP contribution in [0.1, 0.15) is 16.9 Å². The topological polar surface area (TPSA) is 88.5 Å². The fourth-order valence-electron chi connectivity index (χ4n) is 3.02. The lowest BCUT2D eigenvalue weighted by atomic mass is 10.2. The van der Waals surface area contributed by atoms with E-state index in [-0.39, 0.29) is 11.9 Å². The first-order chi connectivity index (χ1) is 12.1. The molecule has 25 heavy (non-hydrogen) atoms. The standard InChI is InChI=1S/C17H17ClN6O/c18-11-2-3-15(23-7-4-12(19)10-23)13(8-11)21-17(25)14-9-16-20-5-1-6-24(16)22-14/h1-3,5-6,8-9,12H,4,7,10,19H2,(H,21,25). The van der Waals surface area contributed by atoms with Crippen LogP contribution in [0.15, 0.2) is 42.7 Å². The molecule has 1 aliphatic heterocycles. The van der Waals surface area contributed by atoms with Crippen LogP contribution in [0.5, 0.6) is 0 Å². The molecule has 7 nitrogen and oxygen atoms in total. The number of aromatic nitrogens is 3. The van der Waals surface area contributed by atoms with Gasteiger partial charge in [-0.3, -0.25) is 4.79 Å². The second kappa shape index (κ2) is 6.34.